The van der Waals surface area contributed by atoms with Crippen LogP contribution in [0.25, 0.3) is 10.9 Å². The average molecular weight is 370 g/mol. The Morgan fingerprint density at radius 2 is 1.75 bits per heavy atom. The minimum absolute atomic E-state index is 0.0661. The molecule has 6 nitrogen and oxygen atoms in total. The van der Waals surface area contributed by atoms with E-state index in [1.165, 1.54) is 12.1 Å². The molecule has 2 heterocycles. The summed E-state index contributed by atoms with van der Waals surface area (Å²) >= 11 is 0. The highest BCUT2D eigenvalue weighted by molar-refractivity contribution is 5.79. The molecule has 0 fully saturated rings. The van der Waals surface area contributed by atoms with E-state index in [-0.39, 0.29) is 11.7 Å². The second-order valence-electron chi connectivity index (χ2n) is 6.55. The molecule has 0 spiro atoms. The lowest BCUT2D eigenvalue weighted by Crippen LogP contribution is -2.13. The summed E-state index contributed by atoms with van der Waals surface area (Å²) in [6.07, 6.45) is 1.77. The summed E-state index contributed by atoms with van der Waals surface area (Å²) in [7, 11) is 0. The average Bonchev–Trinajstić information content (AvgIpc) is 2.72. The second kappa shape index (κ2) is 7.44. The van der Waals surface area contributed by atoms with Crippen molar-refractivity contribution < 1.29 is 4.92 Å². The van der Waals surface area contributed by atoms with Gasteiger partial charge in [-0.2, -0.15) is 0 Å². The highest BCUT2D eigenvalue weighted by atomic mass is 16.6. The number of aromatic nitrogens is 2. The number of hydrogen-bond donors (Lipinski definition) is 1. The van der Waals surface area contributed by atoms with Crippen LogP contribution in [0.5, 0.6) is 0 Å². The van der Waals surface area contributed by atoms with Crippen molar-refractivity contribution in [3.8, 4) is 0 Å². The number of pyridine rings is 2. The van der Waals surface area contributed by atoms with Crippen LogP contribution >= 0.6 is 0 Å². The lowest BCUT2D eigenvalue weighted by atomic mass is 9.97. The van der Waals surface area contributed by atoms with Gasteiger partial charge in [-0.05, 0) is 54.4 Å². The van der Waals surface area contributed by atoms with Gasteiger partial charge in [-0.3, -0.25) is 15.1 Å². The number of hydrogen-bond acceptors (Lipinski definition) is 5. The predicted octanol–water partition coefficient (Wildman–Crippen LogP) is 5.05. The number of rotatable bonds is 5. The predicted molar refractivity (Wildman–Crippen MR) is 109 cm³/mol. The van der Waals surface area contributed by atoms with E-state index in [0.29, 0.717) is 0 Å². The molecule has 2 aromatic carbocycles. The molecule has 0 aliphatic rings. The van der Waals surface area contributed by atoms with Crippen LogP contribution in [0.4, 0.5) is 11.5 Å². The quantitative estimate of drug-likeness (QED) is 0.393. The maximum absolute atomic E-state index is 11.0. The summed E-state index contributed by atoms with van der Waals surface area (Å²) in [5.41, 5.74) is 3.78. The first-order chi connectivity index (χ1) is 13.6. The molecule has 0 saturated carbocycles. The van der Waals surface area contributed by atoms with Crippen LogP contribution in [-0.4, -0.2) is 14.9 Å². The molecule has 2 aromatic heterocycles. The van der Waals surface area contributed by atoms with Crippen LogP contribution in [0.15, 0.2) is 79.0 Å². The van der Waals surface area contributed by atoms with Crippen LogP contribution in [0, 0.1) is 17.0 Å². The van der Waals surface area contributed by atoms with Crippen molar-refractivity contribution in [3.63, 3.8) is 0 Å². The number of non-ortho nitro benzene ring substituents is 1. The van der Waals surface area contributed by atoms with E-state index >= 15 is 0 Å². The number of fused-ring (bicyclic) bond motifs is 1. The molecule has 1 atom stereocenters. The molecule has 4 aromatic rings. The van der Waals surface area contributed by atoms with Crippen molar-refractivity contribution >= 4 is 22.4 Å². The van der Waals surface area contributed by atoms with Gasteiger partial charge in [0.1, 0.15) is 5.82 Å². The van der Waals surface area contributed by atoms with E-state index in [2.05, 4.69) is 15.3 Å². The monoisotopic (exact) mass is 370 g/mol. The summed E-state index contributed by atoms with van der Waals surface area (Å²) in [6, 6.07) is 22.2. The Balaban J connectivity index is 1.78. The molecule has 1 unspecified atom stereocenters. The molecule has 28 heavy (non-hydrogen) atoms. The van der Waals surface area contributed by atoms with Crippen molar-refractivity contribution in [2.75, 3.05) is 5.32 Å². The first-order valence-electron chi connectivity index (χ1n) is 8.89. The molecular formula is C22H18N4O2. The van der Waals surface area contributed by atoms with Gasteiger partial charge in [0.25, 0.3) is 5.69 Å². The van der Waals surface area contributed by atoms with Gasteiger partial charge < -0.3 is 5.32 Å². The van der Waals surface area contributed by atoms with Crippen molar-refractivity contribution in [2.45, 2.75) is 13.0 Å². The van der Waals surface area contributed by atoms with Crippen LogP contribution in [-0.2, 0) is 0 Å². The normalized spacial score (nSPS) is 11.9. The Kier molecular flexibility index (Phi) is 4.68. The highest BCUT2D eigenvalue weighted by Crippen LogP contribution is 2.29. The zero-order valence-corrected chi connectivity index (χ0v) is 15.2. The van der Waals surface area contributed by atoms with Crippen LogP contribution in [0.1, 0.15) is 22.9 Å². The third-order valence-corrected chi connectivity index (χ3v) is 4.58. The van der Waals surface area contributed by atoms with Gasteiger partial charge in [-0.25, -0.2) is 4.98 Å². The van der Waals surface area contributed by atoms with Crippen molar-refractivity contribution in [1.29, 1.82) is 0 Å². The van der Waals surface area contributed by atoms with Crippen LogP contribution < -0.4 is 5.32 Å². The summed E-state index contributed by atoms with van der Waals surface area (Å²) in [5.74, 6) is 0.740. The first-order valence-corrected chi connectivity index (χ1v) is 8.89. The third kappa shape index (κ3) is 3.66. The molecule has 0 amide bonds. The van der Waals surface area contributed by atoms with Crippen molar-refractivity contribution in [2.24, 2.45) is 0 Å². The largest absolute Gasteiger partial charge is 0.359 e. The van der Waals surface area contributed by atoms with Gasteiger partial charge in [0.05, 0.1) is 16.5 Å². The molecule has 138 valence electrons. The number of nitrogens with zero attached hydrogens (tertiary/aromatic N) is 3. The minimum Gasteiger partial charge on any atom is -0.359 e. The van der Waals surface area contributed by atoms with Crippen LogP contribution in [0.3, 0.4) is 0 Å². The molecular weight excluding hydrogens is 352 g/mol. The van der Waals surface area contributed by atoms with Crippen LogP contribution in [0.2, 0.25) is 0 Å². The summed E-state index contributed by atoms with van der Waals surface area (Å²) in [6.45, 7) is 1.94. The Labute approximate surface area is 162 Å². The number of aryl methyl sites for hydroxylation is 1. The van der Waals surface area contributed by atoms with Gasteiger partial charge in [-0.1, -0.05) is 24.3 Å². The topological polar surface area (TPSA) is 81.0 Å². The third-order valence-electron chi connectivity index (χ3n) is 4.58. The Bertz CT molecular complexity index is 1140. The SMILES string of the molecule is Cc1cccc(NC(c2ccc([N+](=O)[O-])cc2)c2ccc3cccnc3c2)n1. The lowest BCUT2D eigenvalue weighted by molar-refractivity contribution is -0.384. The lowest BCUT2D eigenvalue weighted by Gasteiger charge is -2.21. The van der Waals surface area contributed by atoms with E-state index in [4.69, 9.17) is 0 Å². The standard InChI is InChI=1S/C22H18N4O2/c1-15-4-2-6-21(24-15)25-22(17-9-11-19(12-10-17)26(27)28)18-8-7-16-5-3-13-23-20(16)14-18/h2-14,22H,1H3,(H,24,25). The maximum Gasteiger partial charge on any atom is 0.269 e. The van der Waals surface area contributed by atoms with Gasteiger partial charge >= 0.3 is 0 Å². The number of nitrogens with one attached hydrogen (secondary N) is 1. The van der Waals surface area contributed by atoms with E-state index in [9.17, 15) is 10.1 Å². The van der Waals surface area contributed by atoms with E-state index in [1.54, 1.807) is 18.3 Å². The Hall–Kier alpha value is -3.80. The molecule has 4 rings (SSSR count). The zero-order chi connectivity index (χ0) is 19.5. The van der Waals surface area contributed by atoms with E-state index < -0.39 is 4.92 Å². The fourth-order valence-electron chi connectivity index (χ4n) is 3.18. The highest BCUT2D eigenvalue weighted by Gasteiger charge is 2.17. The number of benzene rings is 2. The van der Waals surface area contributed by atoms with Gasteiger partial charge in [-0.15, -0.1) is 0 Å². The second-order valence-corrected chi connectivity index (χ2v) is 6.55. The summed E-state index contributed by atoms with van der Waals surface area (Å²) in [5, 5.41) is 15.5. The number of nitro benzene ring substituents is 1. The van der Waals surface area contributed by atoms with Gasteiger partial charge in [0, 0.05) is 29.4 Å². The van der Waals surface area contributed by atoms with Gasteiger partial charge in [0.15, 0.2) is 0 Å². The van der Waals surface area contributed by atoms with Crippen molar-refractivity contribution in [3.05, 3.63) is 106 Å². The molecule has 0 aliphatic carbocycles. The number of anilines is 1. The Morgan fingerprint density at radius 1 is 0.964 bits per heavy atom. The molecule has 1 N–H and O–H groups in total. The molecule has 0 radical (unpaired) electrons. The maximum atomic E-state index is 11.0. The van der Waals surface area contributed by atoms with Crippen molar-refractivity contribution in [1.82, 2.24) is 9.97 Å². The number of nitro groups is 1. The molecule has 0 aliphatic heterocycles. The van der Waals surface area contributed by atoms with Gasteiger partial charge in [0.2, 0.25) is 0 Å². The summed E-state index contributed by atoms with van der Waals surface area (Å²) < 4.78 is 0. The fourth-order valence-corrected chi connectivity index (χ4v) is 3.18. The molecule has 6 heteroatoms. The summed E-state index contributed by atoms with van der Waals surface area (Å²) in [4.78, 5) is 19.6. The minimum atomic E-state index is -0.395. The van der Waals surface area contributed by atoms with E-state index in [1.807, 2.05) is 55.5 Å². The molecule has 0 bridgehead atoms. The molecule has 0 saturated heterocycles. The smallest absolute Gasteiger partial charge is 0.269 e. The first kappa shape index (κ1) is 17.6. The van der Waals surface area contributed by atoms with E-state index in [0.717, 1.165) is 33.5 Å². The zero-order valence-electron chi connectivity index (χ0n) is 15.2. The fraction of sp³-hybridized carbons (Fsp3) is 0.0909. The Morgan fingerprint density at radius 3 is 2.50 bits per heavy atom.